The molecule has 1 N–H and O–H groups in total. The van der Waals surface area contributed by atoms with Crippen LogP contribution in [0.3, 0.4) is 0 Å². The molecule has 0 amide bonds. The number of rotatable bonds is 2. The molecule has 1 aromatic rings. The van der Waals surface area contributed by atoms with Crippen LogP contribution in [0.2, 0.25) is 0 Å². The first kappa shape index (κ1) is 10.7. The van der Waals surface area contributed by atoms with Crippen LogP contribution in [0, 0.1) is 11.3 Å². The van der Waals surface area contributed by atoms with Crippen molar-refractivity contribution in [2.24, 2.45) is 18.4 Å². The molecule has 0 saturated heterocycles. The average Bonchev–Trinajstić information content (AvgIpc) is 2.48. The number of aryl methyl sites for hydroxylation is 1. The van der Waals surface area contributed by atoms with Gasteiger partial charge < -0.3 is 5.11 Å². The summed E-state index contributed by atoms with van der Waals surface area (Å²) in [4.78, 5) is 11.0. The predicted octanol–water partition coefficient (Wildman–Crippen LogP) is 2.01. The summed E-state index contributed by atoms with van der Waals surface area (Å²) in [6, 6.07) is 1.90. The summed E-state index contributed by atoms with van der Waals surface area (Å²) in [5, 5.41) is 13.2. The maximum atomic E-state index is 11.0. The van der Waals surface area contributed by atoms with Crippen LogP contribution in [-0.2, 0) is 11.8 Å². The third kappa shape index (κ3) is 1.49. The van der Waals surface area contributed by atoms with Crippen molar-refractivity contribution in [3.05, 3.63) is 16.4 Å². The van der Waals surface area contributed by atoms with Crippen molar-refractivity contribution in [2.75, 3.05) is 0 Å². The molecule has 0 radical (unpaired) electrons. The molecule has 4 nitrogen and oxygen atoms in total. The lowest BCUT2D eigenvalue weighted by Gasteiger charge is -2.01. The fraction of sp³-hybridized carbons (Fsp3) is 0.600. The van der Waals surface area contributed by atoms with Gasteiger partial charge in [-0.3, -0.25) is 9.48 Å². The minimum Gasteiger partial charge on any atom is -0.481 e. The molecular weight excluding hydrogens is 260 g/mol. The number of halogens is 1. The Hall–Kier alpha value is -0.840. The summed E-state index contributed by atoms with van der Waals surface area (Å²) in [6.07, 6.45) is 0. The van der Waals surface area contributed by atoms with Crippen LogP contribution in [0.15, 0.2) is 10.7 Å². The maximum Gasteiger partial charge on any atom is 0.307 e. The van der Waals surface area contributed by atoms with E-state index in [0.29, 0.717) is 0 Å². The minimum absolute atomic E-state index is 0.0683. The predicted molar refractivity (Wildman–Crippen MR) is 58.6 cm³/mol. The summed E-state index contributed by atoms with van der Waals surface area (Å²) in [5.41, 5.74) is 0.818. The van der Waals surface area contributed by atoms with Crippen molar-refractivity contribution >= 4 is 21.9 Å². The number of aliphatic carboxylic acids is 1. The van der Waals surface area contributed by atoms with Gasteiger partial charge in [-0.2, -0.15) is 5.10 Å². The van der Waals surface area contributed by atoms with Crippen molar-refractivity contribution in [3.8, 4) is 0 Å². The highest BCUT2D eigenvalue weighted by Crippen LogP contribution is 2.64. The van der Waals surface area contributed by atoms with Gasteiger partial charge in [0.1, 0.15) is 4.60 Å². The third-order valence-electron chi connectivity index (χ3n) is 3.30. The van der Waals surface area contributed by atoms with Gasteiger partial charge in [0, 0.05) is 18.7 Å². The lowest BCUT2D eigenvalue weighted by molar-refractivity contribution is -0.139. The zero-order valence-corrected chi connectivity index (χ0v) is 10.4. The van der Waals surface area contributed by atoms with Gasteiger partial charge in [-0.15, -0.1) is 0 Å². The highest BCUT2D eigenvalue weighted by atomic mass is 79.9. The van der Waals surface area contributed by atoms with Crippen LogP contribution >= 0.6 is 15.9 Å². The molecule has 82 valence electrons. The Morgan fingerprint density at radius 3 is 2.60 bits per heavy atom. The van der Waals surface area contributed by atoms with Gasteiger partial charge in [-0.1, -0.05) is 13.8 Å². The first-order valence-electron chi connectivity index (χ1n) is 4.78. The second kappa shape index (κ2) is 3.07. The van der Waals surface area contributed by atoms with E-state index in [4.69, 9.17) is 5.11 Å². The maximum absolute atomic E-state index is 11.0. The summed E-state index contributed by atoms with van der Waals surface area (Å²) in [7, 11) is 1.84. The van der Waals surface area contributed by atoms with E-state index in [1.807, 2.05) is 27.0 Å². The molecule has 0 unspecified atom stereocenters. The summed E-state index contributed by atoms with van der Waals surface area (Å²) >= 11 is 3.29. The van der Waals surface area contributed by atoms with Gasteiger partial charge in [-0.05, 0) is 27.4 Å². The first-order valence-corrected chi connectivity index (χ1v) is 5.57. The van der Waals surface area contributed by atoms with Crippen LogP contribution < -0.4 is 0 Å². The molecule has 0 aliphatic heterocycles. The van der Waals surface area contributed by atoms with E-state index in [1.54, 1.807) is 4.68 Å². The summed E-state index contributed by atoms with van der Waals surface area (Å²) in [5.74, 6) is -0.944. The third-order valence-corrected chi connectivity index (χ3v) is 3.69. The molecule has 5 heteroatoms. The molecule has 1 saturated carbocycles. The Morgan fingerprint density at radius 1 is 1.67 bits per heavy atom. The van der Waals surface area contributed by atoms with Gasteiger partial charge in [0.15, 0.2) is 0 Å². The van der Waals surface area contributed by atoms with Crippen LogP contribution in [-0.4, -0.2) is 20.9 Å². The van der Waals surface area contributed by atoms with Crippen molar-refractivity contribution in [3.63, 3.8) is 0 Å². The molecule has 2 atom stereocenters. The normalized spacial score (nSPS) is 27.7. The highest BCUT2D eigenvalue weighted by Gasteiger charge is 2.63. The van der Waals surface area contributed by atoms with Crippen LogP contribution in [0.4, 0.5) is 0 Å². The fourth-order valence-electron chi connectivity index (χ4n) is 2.39. The van der Waals surface area contributed by atoms with E-state index in [9.17, 15) is 4.79 Å². The number of carboxylic acid groups (broad SMARTS) is 1. The molecular formula is C10H13BrN2O2. The molecule has 1 heterocycles. The molecule has 15 heavy (non-hydrogen) atoms. The highest BCUT2D eigenvalue weighted by molar-refractivity contribution is 9.10. The fourth-order valence-corrected chi connectivity index (χ4v) is 2.86. The Morgan fingerprint density at radius 2 is 2.27 bits per heavy atom. The van der Waals surface area contributed by atoms with Crippen molar-refractivity contribution in [1.29, 1.82) is 0 Å². The van der Waals surface area contributed by atoms with Crippen molar-refractivity contribution in [1.82, 2.24) is 9.78 Å². The van der Waals surface area contributed by atoms with E-state index < -0.39 is 5.97 Å². The zero-order valence-electron chi connectivity index (χ0n) is 8.86. The topological polar surface area (TPSA) is 55.1 Å². The molecule has 1 aliphatic rings. The number of hydrogen-bond acceptors (Lipinski definition) is 2. The van der Waals surface area contributed by atoms with Crippen LogP contribution in [0.1, 0.15) is 25.5 Å². The smallest absolute Gasteiger partial charge is 0.307 e. The quantitative estimate of drug-likeness (QED) is 0.896. The molecule has 2 rings (SSSR count). The van der Waals surface area contributed by atoms with E-state index in [1.165, 1.54) is 0 Å². The van der Waals surface area contributed by atoms with Gasteiger partial charge >= 0.3 is 5.97 Å². The van der Waals surface area contributed by atoms with E-state index in [0.717, 1.165) is 10.3 Å². The largest absolute Gasteiger partial charge is 0.481 e. The Balaban J connectivity index is 2.35. The molecule has 0 spiro atoms. The second-order valence-electron chi connectivity index (χ2n) is 4.63. The number of aromatic nitrogens is 2. The van der Waals surface area contributed by atoms with E-state index in [2.05, 4.69) is 21.0 Å². The lowest BCUT2D eigenvalue weighted by atomic mass is 10.1. The van der Waals surface area contributed by atoms with Gasteiger partial charge in [-0.25, -0.2) is 0 Å². The molecule has 1 aliphatic carbocycles. The number of carboxylic acids is 1. The summed E-state index contributed by atoms with van der Waals surface area (Å²) < 4.78 is 2.51. The molecule has 0 aromatic carbocycles. The average molecular weight is 273 g/mol. The SMILES string of the molecule is Cn1nc(Br)cc1[C@H]1[C@H](C(=O)O)C1(C)C. The second-order valence-corrected chi connectivity index (χ2v) is 5.44. The Bertz CT molecular complexity index is 425. The summed E-state index contributed by atoms with van der Waals surface area (Å²) in [6.45, 7) is 3.97. The first-order chi connectivity index (χ1) is 6.85. The van der Waals surface area contributed by atoms with Crippen molar-refractivity contribution in [2.45, 2.75) is 19.8 Å². The number of carbonyl (C=O) groups is 1. The lowest BCUT2D eigenvalue weighted by Crippen LogP contribution is -2.03. The molecule has 1 fully saturated rings. The Labute approximate surface area is 96.4 Å². The van der Waals surface area contributed by atoms with Crippen LogP contribution in [0.5, 0.6) is 0 Å². The number of hydrogen-bond donors (Lipinski definition) is 1. The Kier molecular flexibility index (Phi) is 2.19. The van der Waals surface area contributed by atoms with Gasteiger partial charge in [0.2, 0.25) is 0 Å². The molecule has 1 aromatic heterocycles. The standard InChI is InChI=1S/C10H13BrN2O2/c1-10(2)7(8(10)9(14)15)5-4-6(11)12-13(5)3/h4,7-8H,1-3H3,(H,14,15)/t7-,8+/m0/s1. The molecule has 0 bridgehead atoms. The zero-order chi connectivity index (χ0) is 11.4. The van der Waals surface area contributed by atoms with E-state index >= 15 is 0 Å². The number of nitrogens with zero attached hydrogens (tertiary/aromatic N) is 2. The van der Waals surface area contributed by atoms with Gasteiger partial charge in [0.05, 0.1) is 5.92 Å². The van der Waals surface area contributed by atoms with Crippen molar-refractivity contribution < 1.29 is 9.90 Å². The minimum atomic E-state index is -0.720. The van der Waals surface area contributed by atoms with Crippen LogP contribution in [0.25, 0.3) is 0 Å². The monoisotopic (exact) mass is 272 g/mol. The van der Waals surface area contributed by atoms with Gasteiger partial charge in [0.25, 0.3) is 0 Å². The van der Waals surface area contributed by atoms with E-state index in [-0.39, 0.29) is 17.3 Å².